The Bertz CT molecular complexity index is 1400. The monoisotopic (exact) mass is 512 g/mol. The number of rotatable bonds is 11. The van der Waals surface area contributed by atoms with Crippen molar-refractivity contribution in [3.63, 3.8) is 0 Å². The highest BCUT2D eigenvalue weighted by molar-refractivity contribution is 5.50. The maximum absolute atomic E-state index is 6.32. The van der Waals surface area contributed by atoms with Crippen molar-refractivity contribution in [1.29, 1.82) is 0 Å². The summed E-state index contributed by atoms with van der Waals surface area (Å²) in [7, 11) is 4.99. The van der Waals surface area contributed by atoms with Gasteiger partial charge in [-0.3, -0.25) is 0 Å². The Labute approximate surface area is 223 Å². The molecule has 0 unspecified atom stereocenters. The van der Waals surface area contributed by atoms with Crippen molar-refractivity contribution in [1.82, 2.24) is 0 Å². The van der Waals surface area contributed by atoms with E-state index >= 15 is 0 Å². The molecule has 0 saturated heterocycles. The van der Waals surface area contributed by atoms with E-state index in [4.69, 9.17) is 28.4 Å². The van der Waals surface area contributed by atoms with Crippen LogP contribution in [0.5, 0.6) is 40.2 Å². The molecule has 0 atom stereocenters. The molecular weight excluding hydrogens is 480 g/mol. The quantitative estimate of drug-likeness (QED) is 0.220. The molecule has 0 spiro atoms. The Morgan fingerprint density at radius 3 is 1.84 bits per heavy atom. The highest BCUT2D eigenvalue weighted by Crippen LogP contribution is 2.38. The van der Waals surface area contributed by atoms with Gasteiger partial charge in [-0.05, 0) is 96.5 Å². The lowest BCUT2D eigenvalue weighted by atomic mass is 10.0. The fourth-order valence-corrected chi connectivity index (χ4v) is 4.53. The SMILES string of the molecule is COc1cccc(CCc2ccc(OC)c(Oc3ccc(CCc4ccc5c(c4)OCO5)cc3OC)c2)c1. The van der Waals surface area contributed by atoms with E-state index in [1.165, 1.54) is 11.1 Å². The van der Waals surface area contributed by atoms with Crippen LogP contribution >= 0.6 is 0 Å². The molecule has 0 saturated carbocycles. The van der Waals surface area contributed by atoms with E-state index in [1.54, 1.807) is 21.3 Å². The smallest absolute Gasteiger partial charge is 0.231 e. The summed E-state index contributed by atoms with van der Waals surface area (Å²) in [5.41, 5.74) is 4.73. The number of aryl methyl sites for hydroxylation is 4. The first kappa shape index (κ1) is 25.3. The van der Waals surface area contributed by atoms with Crippen molar-refractivity contribution in [2.24, 2.45) is 0 Å². The third kappa shape index (κ3) is 5.97. The number of ether oxygens (including phenoxy) is 6. The van der Waals surface area contributed by atoms with Gasteiger partial charge in [-0.15, -0.1) is 0 Å². The minimum absolute atomic E-state index is 0.285. The van der Waals surface area contributed by atoms with Gasteiger partial charge in [-0.1, -0.05) is 30.3 Å². The molecule has 0 bridgehead atoms. The average Bonchev–Trinajstić information content (AvgIpc) is 3.44. The fraction of sp³-hybridized carbons (Fsp3) is 0.250. The zero-order valence-electron chi connectivity index (χ0n) is 22.0. The second-order valence-corrected chi connectivity index (χ2v) is 9.11. The molecular formula is C32H32O6. The van der Waals surface area contributed by atoms with Gasteiger partial charge in [0.1, 0.15) is 5.75 Å². The van der Waals surface area contributed by atoms with E-state index in [9.17, 15) is 0 Å². The molecule has 5 rings (SSSR count). The molecule has 0 aromatic heterocycles. The van der Waals surface area contributed by atoms with Crippen molar-refractivity contribution in [3.8, 4) is 40.2 Å². The molecule has 1 aliphatic rings. The summed E-state index contributed by atoms with van der Waals surface area (Å²) in [5, 5.41) is 0. The summed E-state index contributed by atoms with van der Waals surface area (Å²) in [4.78, 5) is 0. The van der Waals surface area contributed by atoms with Crippen LogP contribution in [-0.4, -0.2) is 28.1 Å². The molecule has 0 N–H and O–H groups in total. The molecule has 0 radical (unpaired) electrons. The summed E-state index contributed by atoms with van der Waals surface area (Å²) in [6.45, 7) is 0.285. The average molecular weight is 513 g/mol. The van der Waals surface area contributed by atoms with Crippen LogP contribution in [-0.2, 0) is 25.7 Å². The molecule has 0 fully saturated rings. The molecule has 4 aromatic carbocycles. The molecule has 38 heavy (non-hydrogen) atoms. The summed E-state index contributed by atoms with van der Waals surface area (Å²) in [5.74, 6) is 5.12. The highest BCUT2D eigenvalue weighted by Gasteiger charge is 2.15. The lowest BCUT2D eigenvalue weighted by Crippen LogP contribution is -1.98. The molecule has 6 heteroatoms. The Morgan fingerprint density at radius 2 is 1.13 bits per heavy atom. The van der Waals surface area contributed by atoms with Gasteiger partial charge in [-0.25, -0.2) is 0 Å². The van der Waals surface area contributed by atoms with Gasteiger partial charge in [0.05, 0.1) is 21.3 Å². The standard InChI is InChI=1S/C32H32O6/c1-33-26-6-4-5-22(17-26)7-8-25-11-14-27(34-2)32(20-25)38-29-16-13-23(18-30(29)35-3)9-10-24-12-15-28-31(19-24)37-21-36-28/h4-6,11-20H,7-10,21H2,1-3H3. The number of benzene rings is 4. The predicted molar refractivity (Wildman–Crippen MR) is 146 cm³/mol. The predicted octanol–water partition coefficient (Wildman–Crippen LogP) is 6.80. The summed E-state index contributed by atoms with van der Waals surface area (Å²) in [6.07, 6.45) is 3.50. The van der Waals surface area contributed by atoms with Gasteiger partial charge in [0, 0.05) is 0 Å². The van der Waals surface area contributed by atoms with Gasteiger partial charge in [0.25, 0.3) is 0 Å². The number of methoxy groups -OCH3 is 3. The fourth-order valence-electron chi connectivity index (χ4n) is 4.53. The van der Waals surface area contributed by atoms with Crippen LogP contribution in [0.25, 0.3) is 0 Å². The van der Waals surface area contributed by atoms with E-state index in [2.05, 4.69) is 30.3 Å². The number of hydrogen-bond acceptors (Lipinski definition) is 6. The minimum atomic E-state index is 0.285. The van der Waals surface area contributed by atoms with Crippen molar-refractivity contribution in [2.45, 2.75) is 25.7 Å². The first-order chi connectivity index (χ1) is 18.6. The molecule has 4 aromatic rings. The van der Waals surface area contributed by atoms with Gasteiger partial charge in [-0.2, -0.15) is 0 Å². The van der Waals surface area contributed by atoms with Crippen LogP contribution < -0.4 is 28.4 Å². The maximum Gasteiger partial charge on any atom is 0.231 e. The van der Waals surface area contributed by atoms with E-state index in [0.29, 0.717) is 23.0 Å². The van der Waals surface area contributed by atoms with Crippen LogP contribution in [0.3, 0.4) is 0 Å². The summed E-state index contributed by atoms with van der Waals surface area (Å²) < 4.78 is 33.8. The van der Waals surface area contributed by atoms with Crippen LogP contribution in [0.1, 0.15) is 22.3 Å². The molecule has 6 nitrogen and oxygen atoms in total. The van der Waals surface area contributed by atoms with Crippen molar-refractivity contribution < 1.29 is 28.4 Å². The van der Waals surface area contributed by atoms with Crippen molar-refractivity contribution in [2.75, 3.05) is 28.1 Å². The molecule has 0 aliphatic carbocycles. The van der Waals surface area contributed by atoms with Gasteiger partial charge >= 0.3 is 0 Å². The largest absolute Gasteiger partial charge is 0.497 e. The van der Waals surface area contributed by atoms with Crippen LogP contribution in [0.2, 0.25) is 0 Å². The van der Waals surface area contributed by atoms with Crippen molar-refractivity contribution >= 4 is 0 Å². The second-order valence-electron chi connectivity index (χ2n) is 9.11. The van der Waals surface area contributed by atoms with Crippen LogP contribution in [0.4, 0.5) is 0 Å². The Kier molecular flexibility index (Phi) is 7.88. The van der Waals surface area contributed by atoms with Crippen LogP contribution in [0, 0.1) is 0 Å². The van der Waals surface area contributed by atoms with E-state index < -0.39 is 0 Å². The molecule has 0 amide bonds. The molecule has 196 valence electrons. The van der Waals surface area contributed by atoms with Gasteiger partial charge < -0.3 is 28.4 Å². The van der Waals surface area contributed by atoms with Crippen molar-refractivity contribution in [3.05, 3.63) is 101 Å². The number of hydrogen-bond donors (Lipinski definition) is 0. The zero-order valence-corrected chi connectivity index (χ0v) is 22.0. The zero-order chi connectivity index (χ0) is 26.3. The second kappa shape index (κ2) is 11.8. The third-order valence-electron chi connectivity index (χ3n) is 6.65. The lowest BCUT2D eigenvalue weighted by molar-refractivity contribution is 0.174. The first-order valence-corrected chi connectivity index (χ1v) is 12.7. The summed E-state index contributed by atoms with van der Waals surface area (Å²) in [6, 6.07) is 26.4. The van der Waals surface area contributed by atoms with E-state index in [1.807, 2.05) is 48.5 Å². The Morgan fingerprint density at radius 1 is 0.526 bits per heavy atom. The van der Waals surface area contributed by atoms with E-state index in [-0.39, 0.29) is 6.79 Å². The topological polar surface area (TPSA) is 55.4 Å². The van der Waals surface area contributed by atoms with Gasteiger partial charge in [0.2, 0.25) is 6.79 Å². The van der Waals surface area contributed by atoms with E-state index in [0.717, 1.165) is 54.1 Å². The highest BCUT2D eigenvalue weighted by atomic mass is 16.7. The lowest BCUT2D eigenvalue weighted by Gasteiger charge is -2.15. The first-order valence-electron chi connectivity index (χ1n) is 12.7. The Hall–Kier alpha value is -4.32. The Balaban J connectivity index is 1.27. The number of fused-ring (bicyclic) bond motifs is 1. The van der Waals surface area contributed by atoms with Gasteiger partial charge in [0.15, 0.2) is 34.5 Å². The summed E-state index contributed by atoms with van der Waals surface area (Å²) >= 11 is 0. The van der Waals surface area contributed by atoms with Crippen LogP contribution in [0.15, 0.2) is 78.9 Å². The third-order valence-corrected chi connectivity index (χ3v) is 6.65. The molecule has 1 aliphatic heterocycles. The minimum Gasteiger partial charge on any atom is -0.497 e. The normalized spacial score (nSPS) is 11.8. The maximum atomic E-state index is 6.32. The molecule has 1 heterocycles.